The van der Waals surface area contributed by atoms with Crippen molar-refractivity contribution < 1.29 is 13.9 Å². The van der Waals surface area contributed by atoms with Gasteiger partial charge in [-0.3, -0.25) is 4.90 Å². The van der Waals surface area contributed by atoms with Crippen LogP contribution < -0.4 is 0 Å². The molecule has 102 valence electrons. The lowest BCUT2D eigenvalue weighted by atomic mass is 10.1. The molecule has 0 fully saturated rings. The average Bonchev–Trinajstić information content (AvgIpc) is 2.86. The normalized spacial score (nSPS) is 14.6. The van der Waals surface area contributed by atoms with E-state index in [0.717, 1.165) is 18.7 Å². The lowest BCUT2D eigenvalue weighted by Gasteiger charge is -2.25. The number of methoxy groups -OCH3 is 1. The molecule has 0 aromatic carbocycles. The van der Waals surface area contributed by atoms with Crippen molar-refractivity contribution in [2.45, 2.75) is 33.2 Å². The quantitative estimate of drug-likeness (QED) is 0.731. The molecular weight excluding hydrogens is 230 g/mol. The second-order valence-corrected chi connectivity index (χ2v) is 4.82. The SMILES string of the molecule is CCC(C)CN(C)C(C)c1ccc(C(=O)OC)o1. The van der Waals surface area contributed by atoms with Crippen LogP contribution in [0.15, 0.2) is 16.5 Å². The number of furan rings is 1. The van der Waals surface area contributed by atoms with Crippen molar-refractivity contribution >= 4 is 5.97 Å². The van der Waals surface area contributed by atoms with Gasteiger partial charge in [-0.25, -0.2) is 4.79 Å². The first-order valence-corrected chi connectivity index (χ1v) is 6.37. The van der Waals surface area contributed by atoms with Gasteiger partial charge >= 0.3 is 5.97 Å². The van der Waals surface area contributed by atoms with Gasteiger partial charge in [0.2, 0.25) is 5.76 Å². The molecule has 0 radical (unpaired) electrons. The highest BCUT2D eigenvalue weighted by Gasteiger charge is 2.19. The summed E-state index contributed by atoms with van der Waals surface area (Å²) in [5.74, 6) is 1.27. The maximum absolute atomic E-state index is 11.3. The third-order valence-corrected chi connectivity index (χ3v) is 3.38. The summed E-state index contributed by atoms with van der Waals surface area (Å²) in [6.07, 6.45) is 1.16. The third kappa shape index (κ3) is 3.60. The minimum atomic E-state index is -0.432. The Morgan fingerprint density at radius 3 is 2.67 bits per heavy atom. The monoisotopic (exact) mass is 253 g/mol. The van der Waals surface area contributed by atoms with Crippen molar-refractivity contribution in [3.63, 3.8) is 0 Å². The summed E-state index contributed by atoms with van der Waals surface area (Å²) in [7, 11) is 3.42. The molecular formula is C14H23NO3. The molecule has 0 N–H and O–H groups in total. The second-order valence-electron chi connectivity index (χ2n) is 4.82. The van der Waals surface area contributed by atoms with Crippen molar-refractivity contribution in [2.24, 2.45) is 5.92 Å². The van der Waals surface area contributed by atoms with Crippen LogP contribution in [0.1, 0.15) is 49.5 Å². The largest absolute Gasteiger partial charge is 0.463 e. The molecule has 18 heavy (non-hydrogen) atoms. The lowest BCUT2D eigenvalue weighted by molar-refractivity contribution is 0.0559. The minimum Gasteiger partial charge on any atom is -0.463 e. The summed E-state index contributed by atoms with van der Waals surface area (Å²) in [6, 6.07) is 3.65. The molecule has 0 saturated heterocycles. The van der Waals surface area contributed by atoms with E-state index in [1.165, 1.54) is 7.11 Å². The summed E-state index contributed by atoms with van der Waals surface area (Å²) in [5, 5.41) is 0. The molecule has 4 nitrogen and oxygen atoms in total. The minimum absolute atomic E-state index is 0.150. The first-order valence-electron chi connectivity index (χ1n) is 6.37. The average molecular weight is 253 g/mol. The highest BCUT2D eigenvalue weighted by molar-refractivity contribution is 5.86. The zero-order valence-electron chi connectivity index (χ0n) is 11.9. The van der Waals surface area contributed by atoms with Gasteiger partial charge < -0.3 is 9.15 Å². The van der Waals surface area contributed by atoms with Gasteiger partial charge in [-0.1, -0.05) is 20.3 Å². The van der Waals surface area contributed by atoms with E-state index < -0.39 is 5.97 Å². The third-order valence-electron chi connectivity index (χ3n) is 3.38. The van der Waals surface area contributed by atoms with Gasteiger partial charge in [0.05, 0.1) is 13.2 Å². The summed E-state index contributed by atoms with van der Waals surface area (Å²) in [4.78, 5) is 13.5. The summed E-state index contributed by atoms with van der Waals surface area (Å²) >= 11 is 0. The molecule has 0 aliphatic heterocycles. The number of esters is 1. The van der Waals surface area contributed by atoms with E-state index in [0.29, 0.717) is 5.92 Å². The van der Waals surface area contributed by atoms with Crippen LogP contribution in [0.3, 0.4) is 0 Å². The van der Waals surface area contributed by atoms with E-state index in [1.54, 1.807) is 6.07 Å². The van der Waals surface area contributed by atoms with Crippen LogP contribution in [0.2, 0.25) is 0 Å². The molecule has 4 heteroatoms. The van der Waals surface area contributed by atoms with Gasteiger partial charge in [-0.05, 0) is 32.0 Å². The molecule has 1 aromatic heterocycles. The van der Waals surface area contributed by atoms with Gasteiger partial charge in [0.25, 0.3) is 0 Å². The fourth-order valence-corrected chi connectivity index (χ4v) is 1.78. The Morgan fingerprint density at radius 2 is 2.11 bits per heavy atom. The van der Waals surface area contributed by atoms with Crippen LogP contribution in [-0.2, 0) is 4.74 Å². The Hall–Kier alpha value is -1.29. The Kier molecular flexibility index (Phi) is 5.41. The highest BCUT2D eigenvalue weighted by atomic mass is 16.5. The summed E-state index contributed by atoms with van der Waals surface area (Å²) in [5.41, 5.74) is 0. The van der Waals surface area contributed by atoms with Crippen molar-refractivity contribution in [3.05, 3.63) is 23.7 Å². The zero-order valence-corrected chi connectivity index (χ0v) is 11.9. The van der Waals surface area contributed by atoms with Crippen LogP contribution in [0.25, 0.3) is 0 Å². The number of hydrogen-bond donors (Lipinski definition) is 0. The maximum atomic E-state index is 11.3. The molecule has 0 saturated carbocycles. The first-order chi connectivity index (χ1) is 8.49. The molecule has 0 spiro atoms. The van der Waals surface area contributed by atoms with E-state index in [9.17, 15) is 4.79 Å². The fraction of sp³-hybridized carbons (Fsp3) is 0.643. The Balaban J connectivity index is 2.68. The lowest BCUT2D eigenvalue weighted by Crippen LogP contribution is -2.27. The molecule has 0 amide bonds. The van der Waals surface area contributed by atoms with E-state index in [-0.39, 0.29) is 11.8 Å². The second kappa shape index (κ2) is 6.59. The topological polar surface area (TPSA) is 42.7 Å². The van der Waals surface area contributed by atoms with E-state index >= 15 is 0 Å². The number of rotatable bonds is 6. The van der Waals surface area contributed by atoms with E-state index in [4.69, 9.17) is 4.42 Å². The number of nitrogens with zero attached hydrogens (tertiary/aromatic N) is 1. The summed E-state index contributed by atoms with van der Waals surface area (Å²) < 4.78 is 10.1. The van der Waals surface area contributed by atoms with E-state index in [2.05, 4.69) is 37.5 Å². The highest BCUT2D eigenvalue weighted by Crippen LogP contribution is 2.22. The van der Waals surface area contributed by atoms with Crippen LogP contribution in [0, 0.1) is 5.92 Å². The Labute approximate surface area is 109 Å². The zero-order chi connectivity index (χ0) is 13.7. The molecule has 1 rings (SSSR count). The van der Waals surface area contributed by atoms with Crippen molar-refractivity contribution in [3.8, 4) is 0 Å². The molecule has 1 aromatic rings. The fourth-order valence-electron chi connectivity index (χ4n) is 1.78. The summed E-state index contributed by atoms with van der Waals surface area (Å²) in [6.45, 7) is 7.49. The van der Waals surface area contributed by atoms with Crippen LogP contribution >= 0.6 is 0 Å². The van der Waals surface area contributed by atoms with Gasteiger partial charge in [0.15, 0.2) is 0 Å². The standard InChI is InChI=1S/C14H23NO3/c1-6-10(2)9-15(4)11(3)12-7-8-13(18-12)14(16)17-5/h7-8,10-11H,6,9H2,1-5H3. The van der Waals surface area contributed by atoms with Gasteiger partial charge in [-0.15, -0.1) is 0 Å². The number of carbonyl (C=O) groups excluding carboxylic acids is 1. The van der Waals surface area contributed by atoms with Crippen LogP contribution in [-0.4, -0.2) is 31.6 Å². The first kappa shape index (κ1) is 14.8. The predicted molar refractivity (Wildman–Crippen MR) is 70.5 cm³/mol. The Bertz CT molecular complexity index is 386. The maximum Gasteiger partial charge on any atom is 0.373 e. The van der Waals surface area contributed by atoms with Crippen molar-refractivity contribution in [2.75, 3.05) is 20.7 Å². The van der Waals surface area contributed by atoms with Crippen LogP contribution in [0.4, 0.5) is 0 Å². The van der Waals surface area contributed by atoms with E-state index in [1.807, 2.05) is 6.07 Å². The molecule has 1 heterocycles. The number of ether oxygens (including phenoxy) is 1. The van der Waals surface area contributed by atoms with Gasteiger partial charge in [-0.2, -0.15) is 0 Å². The number of hydrogen-bond acceptors (Lipinski definition) is 4. The number of carbonyl (C=O) groups is 1. The van der Waals surface area contributed by atoms with Gasteiger partial charge in [0, 0.05) is 6.54 Å². The smallest absolute Gasteiger partial charge is 0.373 e. The predicted octanol–water partition coefficient (Wildman–Crippen LogP) is 3.11. The molecule has 2 atom stereocenters. The van der Waals surface area contributed by atoms with Crippen molar-refractivity contribution in [1.29, 1.82) is 0 Å². The molecule has 0 bridgehead atoms. The molecule has 2 unspecified atom stereocenters. The van der Waals surface area contributed by atoms with Crippen LogP contribution in [0.5, 0.6) is 0 Å². The molecule has 0 aliphatic carbocycles. The van der Waals surface area contributed by atoms with Gasteiger partial charge in [0.1, 0.15) is 5.76 Å². The Morgan fingerprint density at radius 1 is 1.44 bits per heavy atom. The molecule has 0 aliphatic rings. The van der Waals surface area contributed by atoms with Crippen molar-refractivity contribution in [1.82, 2.24) is 4.90 Å².